The van der Waals surface area contributed by atoms with Crippen LogP contribution in [0.2, 0.25) is 0 Å². The summed E-state index contributed by atoms with van der Waals surface area (Å²) >= 11 is 1.49. The van der Waals surface area contributed by atoms with Gasteiger partial charge in [0.2, 0.25) is 5.91 Å². The number of thioether (sulfide) groups is 1. The van der Waals surface area contributed by atoms with Gasteiger partial charge in [0.25, 0.3) is 0 Å². The number of esters is 1. The molecular weight excluding hydrogens is 292 g/mol. The third kappa shape index (κ3) is 5.41. The average molecular weight is 314 g/mol. The Hall–Kier alpha value is -1.50. The van der Waals surface area contributed by atoms with Crippen LogP contribution in [0.25, 0.3) is 0 Å². The van der Waals surface area contributed by atoms with Gasteiger partial charge in [0, 0.05) is 17.9 Å². The second kappa shape index (κ2) is 8.71. The van der Waals surface area contributed by atoms with E-state index in [0.29, 0.717) is 24.7 Å². The van der Waals surface area contributed by atoms with Crippen LogP contribution in [0.3, 0.4) is 0 Å². The van der Waals surface area contributed by atoms with Crippen LogP contribution in [-0.2, 0) is 20.1 Å². The number of hydrogen-bond acceptors (Lipinski definition) is 6. The number of carbonyl (C=O) groups excluding carboxylic acids is 2. The lowest BCUT2D eigenvalue weighted by Crippen LogP contribution is -2.37. The van der Waals surface area contributed by atoms with Crippen LogP contribution in [0.4, 0.5) is 0 Å². The normalized spacial score (nSPS) is 10.5. The molecule has 0 aliphatic rings. The molecule has 1 rings (SSSR count). The Kier molecular flexibility index (Phi) is 7.28. The predicted octanol–water partition coefficient (Wildman–Crippen LogP) is 1.94. The molecule has 0 aliphatic carbocycles. The average Bonchev–Trinajstić information content (AvgIpc) is 2.76. The van der Waals surface area contributed by atoms with Gasteiger partial charge in [0.15, 0.2) is 0 Å². The van der Waals surface area contributed by atoms with E-state index in [-0.39, 0.29) is 18.4 Å². The van der Waals surface area contributed by atoms with Crippen molar-refractivity contribution in [2.75, 3.05) is 25.4 Å². The van der Waals surface area contributed by atoms with Crippen molar-refractivity contribution in [3.05, 3.63) is 17.0 Å². The van der Waals surface area contributed by atoms with Gasteiger partial charge in [-0.1, -0.05) is 5.16 Å². The van der Waals surface area contributed by atoms with Crippen LogP contribution >= 0.6 is 11.8 Å². The Labute approximate surface area is 129 Å². The minimum absolute atomic E-state index is 0.00898. The summed E-state index contributed by atoms with van der Waals surface area (Å²) in [6.45, 7) is 8.15. The summed E-state index contributed by atoms with van der Waals surface area (Å²) in [7, 11) is 0. The molecule has 7 heteroatoms. The molecule has 0 saturated carbocycles. The molecule has 1 aromatic rings. The van der Waals surface area contributed by atoms with Gasteiger partial charge in [-0.15, -0.1) is 11.8 Å². The van der Waals surface area contributed by atoms with Crippen LogP contribution in [0.1, 0.15) is 30.9 Å². The summed E-state index contributed by atoms with van der Waals surface area (Å²) in [5.74, 6) is 1.33. The van der Waals surface area contributed by atoms with Crippen LogP contribution in [-0.4, -0.2) is 47.4 Å². The standard InChI is InChI=1S/C14H22N2O4S/c1-5-16(7-14(18)19-6-2)13(17)9-21-8-12-10(3)15-20-11(12)4/h5-9H2,1-4H3. The van der Waals surface area contributed by atoms with Gasteiger partial charge in [-0.2, -0.15) is 0 Å². The zero-order valence-corrected chi connectivity index (χ0v) is 13.8. The van der Waals surface area contributed by atoms with Gasteiger partial charge in [-0.25, -0.2) is 0 Å². The van der Waals surface area contributed by atoms with Crippen molar-refractivity contribution in [2.45, 2.75) is 33.4 Å². The Morgan fingerprint density at radius 1 is 1.33 bits per heavy atom. The molecule has 0 atom stereocenters. The van der Waals surface area contributed by atoms with Gasteiger partial charge in [0.05, 0.1) is 18.1 Å². The lowest BCUT2D eigenvalue weighted by Gasteiger charge is -2.19. The Bertz CT molecular complexity index is 468. The van der Waals surface area contributed by atoms with Gasteiger partial charge in [-0.05, 0) is 27.7 Å². The number of aromatic nitrogens is 1. The SMILES string of the molecule is CCOC(=O)CN(CC)C(=O)CSCc1c(C)noc1C. The highest BCUT2D eigenvalue weighted by molar-refractivity contribution is 7.99. The molecule has 0 bridgehead atoms. The van der Waals surface area contributed by atoms with Crippen molar-refractivity contribution in [2.24, 2.45) is 0 Å². The third-order valence-electron chi connectivity index (χ3n) is 3.01. The van der Waals surface area contributed by atoms with E-state index < -0.39 is 0 Å². The van der Waals surface area contributed by atoms with Crippen molar-refractivity contribution in [3.8, 4) is 0 Å². The molecule has 0 unspecified atom stereocenters. The van der Waals surface area contributed by atoms with Crippen molar-refractivity contribution < 1.29 is 18.8 Å². The number of amides is 1. The lowest BCUT2D eigenvalue weighted by molar-refractivity contribution is -0.148. The smallest absolute Gasteiger partial charge is 0.325 e. The zero-order valence-electron chi connectivity index (χ0n) is 13.0. The first-order valence-electron chi connectivity index (χ1n) is 6.92. The number of hydrogen-bond donors (Lipinski definition) is 0. The Morgan fingerprint density at radius 2 is 2.05 bits per heavy atom. The summed E-state index contributed by atoms with van der Waals surface area (Å²) < 4.78 is 9.94. The van der Waals surface area contributed by atoms with E-state index in [9.17, 15) is 9.59 Å². The third-order valence-corrected chi connectivity index (χ3v) is 3.96. The number of likely N-dealkylation sites (N-methyl/N-ethyl adjacent to an activating group) is 1. The fourth-order valence-electron chi connectivity index (χ4n) is 1.78. The van der Waals surface area contributed by atoms with Crippen molar-refractivity contribution in [1.29, 1.82) is 0 Å². The minimum Gasteiger partial charge on any atom is -0.465 e. The van der Waals surface area contributed by atoms with Crippen molar-refractivity contribution in [3.63, 3.8) is 0 Å². The second-order valence-corrected chi connectivity index (χ2v) is 5.49. The highest BCUT2D eigenvalue weighted by Crippen LogP contribution is 2.19. The highest BCUT2D eigenvalue weighted by Gasteiger charge is 2.17. The maximum Gasteiger partial charge on any atom is 0.325 e. The molecule has 1 heterocycles. The molecule has 0 radical (unpaired) electrons. The maximum atomic E-state index is 12.1. The topological polar surface area (TPSA) is 72.6 Å². The molecule has 0 aliphatic heterocycles. The molecule has 1 amide bonds. The summed E-state index contributed by atoms with van der Waals surface area (Å²) in [4.78, 5) is 25.0. The molecule has 0 N–H and O–H groups in total. The molecule has 0 aromatic carbocycles. The minimum atomic E-state index is -0.372. The molecule has 0 fully saturated rings. The van der Waals surface area contributed by atoms with E-state index in [1.807, 2.05) is 20.8 Å². The zero-order chi connectivity index (χ0) is 15.8. The number of rotatable bonds is 8. The highest BCUT2D eigenvalue weighted by atomic mass is 32.2. The van der Waals surface area contributed by atoms with Crippen LogP contribution in [0, 0.1) is 13.8 Å². The molecule has 118 valence electrons. The van der Waals surface area contributed by atoms with E-state index in [1.54, 1.807) is 6.92 Å². The van der Waals surface area contributed by atoms with Gasteiger partial charge in [0.1, 0.15) is 12.3 Å². The Balaban J connectivity index is 2.42. The van der Waals surface area contributed by atoms with Crippen molar-refractivity contribution >= 4 is 23.6 Å². The molecular formula is C14H22N2O4S. The summed E-state index contributed by atoms with van der Waals surface area (Å²) in [6.07, 6.45) is 0. The van der Waals surface area contributed by atoms with Gasteiger partial charge >= 0.3 is 5.97 Å². The number of ether oxygens (including phenoxy) is 1. The first-order chi connectivity index (χ1) is 9.99. The molecule has 0 saturated heterocycles. The number of carbonyl (C=O) groups is 2. The number of aryl methyl sites for hydroxylation is 2. The van der Waals surface area contributed by atoms with E-state index in [1.165, 1.54) is 16.7 Å². The molecule has 0 spiro atoms. The number of nitrogens with zero attached hydrogens (tertiary/aromatic N) is 2. The van der Waals surface area contributed by atoms with Crippen LogP contribution in [0.15, 0.2) is 4.52 Å². The van der Waals surface area contributed by atoms with E-state index in [0.717, 1.165) is 17.0 Å². The Morgan fingerprint density at radius 3 is 2.57 bits per heavy atom. The second-order valence-electron chi connectivity index (χ2n) is 4.51. The fraction of sp³-hybridized carbons (Fsp3) is 0.643. The summed E-state index contributed by atoms with van der Waals surface area (Å²) in [6, 6.07) is 0. The molecule has 1 aromatic heterocycles. The van der Waals surface area contributed by atoms with Gasteiger partial charge in [-0.3, -0.25) is 9.59 Å². The van der Waals surface area contributed by atoms with Gasteiger partial charge < -0.3 is 14.2 Å². The monoisotopic (exact) mass is 314 g/mol. The van der Waals surface area contributed by atoms with E-state index >= 15 is 0 Å². The van der Waals surface area contributed by atoms with E-state index in [4.69, 9.17) is 9.26 Å². The first-order valence-corrected chi connectivity index (χ1v) is 8.07. The predicted molar refractivity (Wildman–Crippen MR) is 81.0 cm³/mol. The maximum absolute atomic E-state index is 12.1. The van der Waals surface area contributed by atoms with Crippen LogP contribution in [0.5, 0.6) is 0 Å². The first kappa shape index (κ1) is 17.6. The van der Waals surface area contributed by atoms with E-state index in [2.05, 4.69) is 5.16 Å². The summed E-state index contributed by atoms with van der Waals surface area (Å²) in [5.41, 5.74) is 1.88. The quantitative estimate of drug-likeness (QED) is 0.683. The van der Waals surface area contributed by atoms with Crippen LogP contribution < -0.4 is 0 Å². The molecule has 6 nitrogen and oxygen atoms in total. The largest absolute Gasteiger partial charge is 0.465 e. The van der Waals surface area contributed by atoms with Crippen molar-refractivity contribution in [1.82, 2.24) is 10.1 Å². The molecule has 21 heavy (non-hydrogen) atoms. The fourth-order valence-corrected chi connectivity index (χ4v) is 2.85. The summed E-state index contributed by atoms with van der Waals surface area (Å²) in [5, 5.41) is 3.88. The lowest BCUT2D eigenvalue weighted by atomic mass is 10.2.